The van der Waals surface area contributed by atoms with Crippen LogP contribution in [0.1, 0.15) is 42.6 Å². The van der Waals surface area contributed by atoms with E-state index in [-0.39, 0.29) is 5.97 Å². The Hall–Kier alpha value is -1.66. The minimum absolute atomic E-state index is 0.338. The number of benzene rings is 1. The van der Waals surface area contributed by atoms with Crippen LogP contribution in [-0.4, -0.2) is 49.3 Å². The lowest BCUT2D eigenvalue weighted by molar-refractivity contribution is 0.0600. The second kappa shape index (κ2) is 9.88. The van der Waals surface area contributed by atoms with Gasteiger partial charge in [0.15, 0.2) is 5.11 Å². The Morgan fingerprint density at radius 1 is 1.31 bits per heavy atom. The van der Waals surface area contributed by atoms with Crippen molar-refractivity contribution in [3.05, 3.63) is 29.3 Å². The van der Waals surface area contributed by atoms with E-state index in [1.54, 1.807) is 6.07 Å². The van der Waals surface area contributed by atoms with Gasteiger partial charge in [0.25, 0.3) is 0 Å². The van der Waals surface area contributed by atoms with Gasteiger partial charge in [0.2, 0.25) is 0 Å². The number of piperidine rings is 1. The van der Waals surface area contributed by atoms with E-state index in [4.69, 9.17) is 17.0 Å². The fourth-order valence-electron chi connectivity index (χ4n) is 3.75. The molecule has 6 heteroatoms. The second-order valence-electron chi connectivity index (χ2n) is 7.41. The van der Waals surface area contributed by atoms with E-state index in [1.165, 1.54) is 26.6 Å². The molecule has 0 aliphatic carbocycles. The van der Waals surface area contributed by atoms with Gasteiger partial charge in [0.05, 0.1) is 12.7 Å². The van der Waals surface area contributed by atoms with Crippen molar-refractivity contribution >= 4 is 29.0 Å². The topological polar surface area (TPSA) is 53.6 Å². The SMILES string of the molecule is COC(=O)c1cccc(NC(=S)NCCCN2C[C@@H](C)C[C@H](C)C2)c1C. The molecule has 26 heavy (non-hydrogen) atoms. The Labute approximate surface area is 162 Å². The largest absolute Gasteiger partial charge is 0.465 e. The van der Waals surface area contributed by atoms with Gasteiger partial charge in [-0.05, 0) is 68.1 Å². The smallest absolute Gasteiger partial charge is 0.338 e. The zero-order chi connectivity index (χ0) is 19.1. The number of likely N-dealkylation sites (tertiary alicyclic amines) is 1. The number of hydrogen-bond acceptors (Lipinski definition) is 4. The molecule has 0 aromatic heterocycles. The number of carbonyl (C=O) groups excluding carboxylic acids is 1. The van der Waals surface area contributed by atoms with Gasteiger partial charge in [0.1, 0.15) is 0 Å². The van der Waals surface area contributed by atoms with E-state index >= 15 is 0 Å². The summed E-state index contributed by atoms with van der Waals surface area (Å²) in [5.41, 5.74) is 2.21. The van der Waals surface area contributed by atoms with Crippen molar-refractivity contribution in [2.45, 2.75) is 33.6 Å². The first-order valence-corrected chi connectivity index (χ1v) is 9.76. The normalized spacial score (nSPS) is 20.5. The third kappa shape index (κ3) is 5.95. The quantitative estimate of drug-likeness (QED) is 0.450. The molecule has 1 fully saturated rings. The Kier molecular flexibility index (Phi) is 7.85. The van der Waals surface area contributed by atoms with Crippen LogP contribution in [0.15, 0.2) is 18.2 Å². The van der Waals surface area contributed by atoms with Crippen LogP contribution in [0.5, 0.6) is 0 Å². The van der Waals surface area contributed by atoms with E-state index < -0.39 is 0 Å². The molecular formula is C20H31N3O2S. The molecule has 1 aromatic rings. The van der Waals surface area contributed by atoms with Crippen LogP contribution in [-0.2, 0) is 4.74 Å². The molecule has 1 aliphatic heterocycles. The Balaban J connectivity index is 1.76. The van der Waals surface area contributed by atoms with Crippen molar-refractivity contribution < 1.29 is 9.53 Å². The minimum Gasteiger partial charge on any atom is -0.465 e. The Morgan fingerprint density at radius 3 is 2.65 bits per heavy atom. The third-order valence-electron chi connectivity index (χ3n) is 4.87. The number of rotatable bonds is 6. The number of ether oxygens (including phenoxy) is 1. The zero-order valence-electron chi connectivity index (χ0n) is 16.3. The lowest BCUT2D eigenvalue weighted by Crippen LogP contribution is -2.40. The summed E-state index contributed by atoms with van der Waals surface area (Å²) in [5.74, 6) is 1.24. The molecule has 2 atom stereocenters. The second-order valence-corrected chi connectivity index (χ2v) is 7.82. The number of hydrogen-bond donors (Lipinski definition) is 2. The van der Waals surface area contributed by atoms with Gasteiger partial charge in [-0.2, -0.15) is 0 Å². The summed E-state index contributed by atoms with van der Waals surface area (Å²) in [7, 11) is 1.39. The highest BCUT2D eigenvalue weighted by atomic mass is 32.1. The highest BCUT2D eigenvalue weighted by Crippen LogP contribution is 2.21. The van der Waals surface area contributed by atoms with Crippen LogP contribution in [0.4, 0.5) is 5.69 Å². The monoisotopic (exact) mass is 377 g/mol. The number of anilines is 1. The number of methoxy groups -OCH3 is 1. The number of nitrogens with one attached hydrogen (secondary N) is 2. The lowest BCUT2D eigenvalue weighted by Gasteiger charge is -2.35. The number of nitrogens with zero attached hydrogens (tertiary/aromatic N) is 1. The van der Waals surface area contributed by atoms with Crippen molar-refractivity contribution in [3.63, 3.8) is 0 Å². The summed E-state index contributed by atoms with van der Waals surface area (Å²) >= 11 is 5.39. The number of esters is 1. The number of carbonyl (C=O) groups is 1. The first-order chi connectivity index (χ1) is 12.4. The molecule has 1 heterocycles. The van der Waals surface area contributed by atoms with Crippen LogP contribution >= 0.6 is 12.2 Å². The van der Waals surface area contributed by atoms with Gasteiger partial charge < -0.3 is 20.3 Å². The van der Waals surface area contributed by atoms with E-state index in [0.29, 0.717) is 10.7 Å². The highest BCUT2D eigenvalue weighted by Gasteiger charge is 2.21. The molecule has 1 aliphatic rings. The van der Waals surface area contributed by atoms with Gasteiger partial charge in [-0.15, -0.1) is 0 Å². The van der Waals surface area contributed by atoms with Gasteiger partial charge in [-0.1, -0.05) is 19.9 Å². The van der Waals surface area contributed by atoms with Crippen molar-refractivity contribution in [1.29, 1.82) is 0 Å². The molecule has 1 aromatic carbocycles. The molecule has 1 saturated heterocycles. The van der Waals surface area contributed by atoms with Crippen LogP contribution < -0.4 is 10.6 Å². The molecule has 144 valence electrons. The predicted molar refractivity (Wildman–Crippen MR) is 111 cm³/mol. The maximum absolute atomic E-state index is 11.8. The Morgan fingerprint density at radius 2 is 2.00 bits per heavy atom. The lowest BCUT2D eigenvalue weighted by atomic mass is 9.92. The molecule has 0 bridgehead atoms. The first kappa shape index (κ1) is 20.6. The highest BCUT2D eigenvalue weighted by molar-refractivity contribution is 7.80. The average molecular weight is 378 g/mol. The fraction of sp³-hybridized carbons (Fsp3) is 0.600. The number of thiocarbonyl (C=S) groups is 1. The first-order valence-electron chi connectivity index (χ1n) is 9.35. The maximum atomic E-state index is 11.8. The fourth-order valence-corrected chi connectivity index (χ4v) is 3.96. The van der Waals surface area contributed by atoms with Crippen LogP contribution in [0, 0.1) is 18.8 Å². The summed E-state index contributed by atoms with van der Waals surface area (Å²) in [6, 6.07) is 5.48. The summed E-state index contributed by atoms with van der Waals surface area (Å²) in [5, 5.41) is 7.02. The maximum Gasteiger partial charge on any atom is 0.338 e. The molecule has 0 radical (unpaired) electrons. The molecule has 0 saturated carbocycles. The van der Waals surface area contributed by atoms with E-state index in [1.807, 2.05) is 19.1 Å². The van der Waals surface area contributed by atoms with E-state index in [0.717, 1.165) is 42.6 Å². The average Bonchev–Trinajstić information content (AvgIpc) is 2.59. The summed E-state index contributed by atoms with van der Waals surface area (Å²) in [6.45, 7) is 10.9. The van der Waals surface area contributed by atoms with Crippen molar-refractivity contribution in [3.8, 4) is 0 Å². The van der Waals surface area contributed by atoms with E-state index in [9.17, 15) is 4.79 Å². The zero-order valence-corrected chi connectivity index (χ0v) is 17.1. The molecule has 5 nitrogen and oxygen atoms in total. The molecular weight excluding hydrogens is 346 g/mol. The molecule has 2 rings (SSSR count). The summed E-state index contributed by atoms with van der Waals surface area (Å²) < 4.78 is 4.81. The molecule has 0 amide bonds. The summed E-state index contributed by atoms with van der Waals surface area (Å²) in [4.78, 5) is 14.3. The van der Waals surface area contributed by atoms with Gasteiger partial charge in [-0.25, -0.2) is 4.79 Å². The van der Waals surface area contributed by atoms with Crippen LogP contribution in [0.3, 0.4) is 0 Å². The van der Waals surface area contributed by atoms with Crippen LogP contribution in [0.25, 0.3) is 0 Å². The Bertz CT molecular complexity index is 625. The molecule has 0 spiro atoms. The summed E-state index contributed by atoms with van der Waals surface area (Å²) in [6.07, 6.45) is 2.40. The van der Waals surface area contributed by atoms with Crippen LogP contribution in [0.2, 0.25) is 0 Å². The molecule has 2 N–H and O–H groups in total. The van der Waals surface area contributed by atoms with Crippen molar-refractivity contribution in [2.75, 3.05) is 38.6 Å². The molecule has 0 unspecified atom stereocenters. The van der Waals surface area contributed by atoms with Gasteiger partial charge in [-0.3, -0.25) is 0 Å². The minimum atomic E-state index is -0.338. The van der Waals surface area contributed by atoms with Crippen molar-refractivity contribution in [1.82, 2.24) is 10.2 Å². The standard InChI is InChI=1S/C20H31N3O2S/c1-14-11-15(2)13-23(12-14)10-6-9-21-20(26)22-18-8-5-7-17(16(18)3)19(24)25-4/h5,7-8,14-15H,6,9-13H2,1-4H3,(H2,21,22,26)/t14-,15-/m0/s1. The predicted octanol–water partition coefficient (Wildman–Crippen LogP) is 3.44. The van der Waals surface area contributed by atoms with Gasteiger partial charge in [0, 0.05) is 25.3 Å². The van der Waals surface area contributed by atoms with Crippen molar-refractivity contribution in [2.24, 2.45) is 11.8 Å². The van der Waals surface area contributed by atoms with Gasteiger partial charge >= 0.3 is 5.97 Å². The third-order valence-corrected chi connectivity index (χ3v) is 5.11. The van der Waals surface area contributed by atoms with E-state index in [2.05, 4.69) is 29.4 Å².